The number of carbonyl (C=O) groups excluding carboxylic acids is 2. The Bertz CT molecular complexity index is 592. The Morgan fingerprint density at radius 2 is 1.52 bits per heavy atom. The highest BCUT2D eigenvalue weighted by Gasteiger charge is 2.24. The fourth-order valence-corrected chi connectivity index (χ4v) is 2.96. The van der Waals surface area contributed by atoms with Crippen LogP contribution >= 0.6 is 0 Å². The number of esters is 2. The largest absolute Gasteiger partial charge is 0.507 e. The van der Waals surface area contributed by atoms with Crippen LogP contribution in [0.4, 0.5) is 0 Å². The van der Waals surface area contributed by atoms with Gasteiger partial charge in [-0.3, -0.25) is 0 Å². The number of unbranched alkanes of at least 4 members (excludes halogenated alkanes) is 6. The molecule has 0 amide bonds. The van der Waals surface area contributed by atoms with Crippen LogP contribution in [0.3, 0.4) is 0 Å². The summed E-state index contributed by atoms with van der Waals surface area (Å²) in [5.41, 5.74) is 1.29. The van der Waals surface area contributed by atoms with E-state index in [0.717, 1.165) is 19.3 Å². The van der Waals surface area contributed by atoms with Crippen LogP contribution in [0.25, 0.3) is 0 Å². The zero-order valence-electron chi connectivity index (χ0n) is 15.8. The molecule has 1 aromatic carbocycles. The van der Waals surface area contributed by atoms with Crippen LogP contribution in [0.1, 0.15) is 83.7 Å². The number of benzene rings is 1. The van der Waals surface area contributed by atoms with Crippen LogP contribution in [-0.2, 0) is 15.9 Å². The van der Waals surface area contributed by atoms with Crippen LogP contribution in [0.5, 0.6) is 5.75 Å². The summed E-state index contributed by atoms with van der Waals surface area (Å²) >= 11 is 0. The van der Waals surface area contributed by atoms with E-state index in [1.807, 2.05) is 0 Å². The van der Waals surface area contributed by atoms with Crippen molar-refractivity contribution in [2.45, 2.75) is 65.2 Å². The molecule has 0 saturated carbocycles. The molecular weight excluding hydrogens is 320 g/mol. The molecule has 0 aliphatic carbocycles. The Morgan fingerprint density at radius 1 is 0.960 bits per heavy atom. The average Bonchev–Trinajstić information content (AvgIpc) is 2.61. The molecule has 0 bridgehead atoms. The first kappa shape index (κ1) is 21.0. The predicted molar refractivity (Wildman–Crippen MR) is 97.2 cm³/mol. The second kappa shape index (κ2) is 10.7. The van der Waals surface area contributed by atoms with Gasteiger partial charge >= 0.3 is 11.9 Å². The minimum absolute atomic E-state index is 0.0448. The summed E-state index contributed by atoms with van der Waals surface area (Å²) in [5.74, 6) is -1.27. The summed E-state index contributed by atoms with van der Waals surface area (Å²) in [4.78, 5) is 24.0. The summed E-state index contributed by atoms with van der Waals surface area (Å²) in [6.45, 7) is 3.80. The molecule has 0 spiro atoms. The highest BCUT2D eigenvalue weighted by Crippen LogP contribution is 2.31. The van der Waals surface area contributed by atoms with Crippen molar-refractivity contribution in [3.05, 3.63) is 28.3 Å². The van der Waals surface area contributed by atoms with Crippen molar-refractivity contribution in [1.29, 1.82) is 0 Å². The molecule has 0 aliphatic heterocycles. The molecule has 25 heavy (non-hydrogen) atoms. The van der Waals surface area contributed by atoms with Crippen molar-refractivity contribution in [3.8, 4) is 5.75 Å². The second-order valence-corrected chi connectivity index (χ2v) is 6.29. The first-order chi connectivity index (χ1) is 12.0. The van der Waals surface area contributed by atoms with E-state index in [-0.39, 0.29) is 11.3 Å². The summed E-state index contributed by atoms with van der Waals surface area (Å²) in [5, 5.41) is 10.5. The number of ether oxygens (including phenoxy) is 2. The number of rotatable bonds is 10. The van der Waals surface area contributed by atoms with Crippen molar-refractivity contribution in [2.24, 2.45) is 0 Å². The van der Waals surface area contributed by atoms with Crippen LogP contribution in [0.15, 0.2) is 6.07 Å². The van der Waals surface area contributed by atoms with Crippen LogP contribution in [0, 0.1) is 6.92 Å². The molecule has 0 unspecified atom stereocenters. The summed E-state index contributed by atoms with van der Waals surface area (Å²) in [6.07, 6.45) is 8.67. The van der Waals surface area contributed by atoms with Gasteiger partial charge in [0.05, 0.1) is 19.8 Å². The van der Waals surface area contributed by atoms with Crippen molar-refractivity contribution in [2.75, 3.05) is 14.2 Å². The molecular formula is C20H30O5. The van der Waals surface area contributed by atoms with E-state index in [0.29, 0.717) is 23.1 Å². The Balaban J connectivity index is 2.91. The molecule has 5 heteroatoms. The van der Waals surface area contributed by atoms with E-state index in [2.05, 4.69) is 6.92 Å². The van der Waals surface area contributed by atoms with Gasteiger partial charge < -0.3 is 14.6 Å². The number of aryl methyl sites for hydroxylation is 1. The molecule has 0 atom stereocenters. The molecule has 0 aromatic heterocycles. The average molecular weight is 350 g/mol. The van der Waals surface area contributed by atoms with Crippen LogP contribution < -0.4 is 0 Å². The van der Waals surface area contributed by atoms with Gasteiger partial charge in [-0.2, -0.15) is 0 Å². The van der Waals surface area contributed by atoms with Gasteiger partial charge in [0.25, 0.3) is 0 Å². The minimum Gasteiger partial charge on any atom is -0.507 e. The maximum atomic E-state index is 12.0. The van der Waals surface area contributed by atoms with Gasteiger partial charge in [-0.25, -0.2) is 9.59 Å². The summed E-state index contributed by atoms with van der Waals surface area (Å²) < 4.78 is 9.54. The molecule has 140 valence electrons. The lowest BCUT2D eigenvalue weighted by molar-refractivity contribution is 0.0595. The highest BCUT2D eigenvalue weighted by molar-refractivity contribution is 6.00. The zero-order valence-corrected chi connectivity index (χ0v) is 15.8. The fraction of sp³-hybridized carbons (Fsp3) is 0.600. The lowest BCUT2D eigenvalue weighted by Crippen LogP contribution is -2.12. The third kappa shape index (κ3) is 5.76. The predicted octanol–water partition coefficient (Wildman–Crippen LogP) is 4.57. The third-order valence-corrected chi connectivity index (χ3v) is 4.48. The summed E-state index contributed by atoms with van der Waals surface area (Å²) in [7, 11) is 2.55. The van der Waals surface area contributed by atoms with Gasteiger partial charge in [0.2, 0.25) is 0 Å². The monoisotopic (exact) mass is 350 g/mol. The quantitative estimate of drug-likeness (QED) is 0.494. The first-order valence-electron chi connectivity index (χ1n) is 8.99. The number of hydrogen-bond donors (Lipinski definition) is 1. The molecule has 0 fully saturated rings. The molecule has 1 aromatic rings. The van der Waals surface area contributed by atoms with Crippen molar-refractivity contribution >= 4 is 11.9 Å². The Hall–Kier alpha value is -2.04. The third-order valence-electron chi connectivity index (χ3n) is 4.48. The standard InChI is InChI=1S/C20H30O5/c1-5-6-7-8-9-10-11-12-15-13-16(19(22)24-3)14(2)17(18(15)21)20(23)25-4/h13,21H,5-12H2,1-4H3. The molecule has 0 saturated heterocycles. The maximum Gasteiger partial charge on any atom is 0.341 e. The number of hydrogen-bond acceptors (Lipinski definition) is 5. The molecule has 0 aliphatic rings. The van der Waals surface area contributed by atoms with Crippen LogP contribution in [0.2, 0.25) is 0 Å². The second-order valence-electron chi connectivity index (χ2n) is 6.29. The van der Waals surface area contributed by atoms with E-state index in [1.165, 1.54) is 39.9 Å². The highest BCUT2D eigenvalue weighted by atomic mass is 16.5. The maximum absolute atomic E-state index is 12.0. The smallest absolute Gasteiger partial charge is 0.341 e. The van der Waals surface area contributed by atoms with Crippen molar-refractivity contribution in [1.82, 2.24) is 0 Å². The summed E-state index contributed by atoms with van der Waals surface area (Å²) in [6, 6.07) is 1.63. The topological polar surface area (TPSA) is 72.8 Å². The number of carbonyl (C=O) groups is 2. The molecule has 0 heterocycles. The number of phenols is 1. The lowest BCUT2D eigenvalue weighted by atomic mass is 9.94. The Labute approximate surface area is 150 Å². The number of phenolic OH excluding ortho intramolecular Hbond substituents is 1. The fourth-order valence-electron chi connectivity index (χ4n) is 2.96. The normalized spacial score (nSPS) is 10.6. The van der Waals surface area contributed by atoms with Crippen LogP contribution in [-0.4, -0.2) is 31.3 Å². The molecule has 1 rings (SSSR count). The zero-order chi connectivity index (χ0) is 18.8. The SMILES string of the molecule is CCCCCCCCCc1cc(C(=O)OC)c(C)c(C(=O)OC)c1O. The van der Waals surface area contributed by atoms with E-state index in [9.17, 15) is 14.7 Å². The van der Waals surface area contributed by atoms with E-state index in [1.54, 1.807) is 13.0 Å². The Morgan fingerprint density at radius 3 is 2.08 bits per heavy atom. The van der Waals surface area contributed by atoms with Crippen molar-refractivity contribution < 1.29 is 24.2 Å². The van der Waals surface area contributed by atoms with E-state index >= 15 is 0 Å². The molecule has 1 N–H and O–H groups in total. The van der Waals surface area contributed by atoms with Gasteiger partial charge in [0.15, 0.2) is 0 Å². The lowest BCUT2D eigenvalue weighted by Gasteiger charge is -2.15. The van der Waals surface area contributed by atoms with Gasteiger partial charge in [-0.15, -0.1) is 0 Å². The Kier molecular flexibility index (Phi) is 9.03. The first-order valence-corrected chi connectivity index (χ1v) is 8.99. The molecule has 0 radical (unpaired) electrons. The number of methoxy groups -OCH3 is 2. The van der Waals surface area contributed by atoms with Gasteiger partial charge in [-0.1, -0.05) is 45.4 Å². The minimum atomic E-state index is -0.651. The van der Waals surface area contributed by atoms with E-state index in [4.69, 9.17) is 9.47 Å². The number of aromatic hydroxyl groups is 1. The van der Waals surface area contributed by atoms with Gasteiger partial charge in [0, 0.05) is 0 Å². The van der Waals surface area contributed by atoms with Gasteiger partial charge in [-0.05, 0) is 37.0 Å². The van der Waals surface area contributed by atoms with Gasteiger partial charge in [0.1, 0.15) is 11.3 Å². The molecule has 5 nitrogen and oxygen atoms in total. The van der Waals surface area contributed by atoms with Crippen molar-refractivity contribution in [3.63, 3.8) is 0 Å². The van der Waals surface area contributed by atoms with E-state index < -0.39 is 11.9 Å².